The van der Waals surface area contributed by atoms with E-state index in [1.165, 1.54) is 0 Å². The Balaban J connectivity index is 2.41. The van der Waals surface area contributed by atoms with Gasteiger partial charge in [0.05, 0.1) is 10.6 Å². The van der Waals surface area contributed by atoms with Crippen LogP contribution in [-0.4, -0.2) is 8.42 Å². The van der Waals surface area contributed by atoms with Crippen molar-refractivity contribution in [3.63, 3.8) is 0 Å². The number of sulfonamides is 1. The fourth-order valence-corrected chi connectivity index (χ4v) is 3.06. The Morgan fingerprint density at radius 3 is 2.30 bits per heavy atom. The van der Waals surface area contributed by atoms with Crippen LogP contribution in [0.5, 0.6) is 0 Å². The van der Waals surface area contributed by atoms with Crippen molar-refractivity contribution >= 4 is 15.7 Å². The van der Waals surface area contributed by atoms with E-state index in [1.54, 1.807) is 42.5 Å². The molecule has 105 valence electrons. The first kappa shape index (κ1) is 14.6. The second-order valence-electron chi connectivity index (χ2n) is 5.64. The highest BCUT2D eigenvalue weighted by Gasteiger charge is 2.21. The molecule has 3 nitrogen and oxygen atoms in total. The van der Waals surface area contributed by atoms with Crippen molar-refractivity contribution in [2.75, 3.05) is 4.72 Å². The van der Waals surface area contributed by atoms with E-state index in [-0.39, 0.29) is 10.3 Å². The van der Waals surface area contributed by atoms with Gasteiger partial charge in [0.15, 0.2) is 0 Å². The molecule has 4 heteroatoms. The molecule has 0 amide bonds. The first-order chi connectivity index (χ1) is 9.31. The number of rotatable bonds is 3. The minimum absolute atomic E-state index is 0.149. The molecule has 0 aliphatic heterocycles. The minimum atomic E-state index is -3.57. The number of benzene rings is 2. The van der Waals surface area contributed by atoms with E-state index in [0.29, 0.717) is 5.69 Å². The van der Waals surface area contributed by atoms with Crippen LogP contribution in [0.25, 0.3) is 0 Å². The fraction of sp³-hybridized carbons (Fsp3) is 0.250. The molecule has 2 aromatic carbocycles. The van der Waals surface area contributed by atoms with Crippen LogP contribution in [0.4, 0.5) is 5.69 Å². The molecule has 20 heavy (non-hydrogen) atoms. The smallest absolute Gasteiger partial charge is 0.261 e. The summed E-state index contributed by atoms with van der Waals surface area (Å²) in [6, 6.07) is 16.6. The lowest BCUT2D eigenvalue weighted by molar-refractivity contribution is 0.590. The van der Waals surface area contributed by atoms with Crippen molar-refractivity contribution in [1.29, 1.82) is 0 Å². The quantitative estimate of drug-likeness (QED) is 0.938. The lowest BCUT2D eigenvalue weighted by Gasteiger charge is -2.23. The molecule has 0 aliphatic rings. The number of hydrogen-bond donors (Lipinski definition) is 1. The Labute approximate surface area is 120 Å². The van der Waals surface area contributed by atoms with E-state index in [9.17, 15) is 8.42 Å². The van der Waals surface area contributed by atoms with Crippen molar-refractivity contribution < 1.29 is 8.42 Å². The third-order valence-corrected chi connectivity index (χ3v) is 4.35. The van der Waals surface area contributed by atoms with Gasteiger partial charge in [0, 0.05) is 0 Å². The van der Waals surface area contributed by atoms with Crippen molar-refractivity contribution in [1.82, 2.24) is 0 Å². The van der Waals surface area contributed by atoms with Crippen molar-refractivity contribution in [3.8, 4) is 0 Å². The maximum Gasteiger partial charge on any atom is 0.261 e. The SMILES string of the molecule is CC(C)(C)c1cc[c]cc1NS(=O)(=O)c1ccccc1. The maximum atomic E-state index is 12.4. The predicted molar refractivity (Wildman–Crippen MR) is 81.2 cm³/mol. The number of nitrogens with one attached hydrogen (secondary N) is 1. The normalized spacial score (nSPS) is 12.2. The van der Waals surface area contributed by atoms with E-state index in [4.69, 9.17) is 0 Å². The molecule has 0 aliphatic carbocycles. The van der Waals surface area contributed by atoms with Crippen molar-refractivity contribution in [2.24, 2.45) is 0 Å². The van der Waals surface area contributed by atoms with Crippen LogP contribution < -0.4 is 4.72 Å². The monoisotopic (exact) mass is 288 g/mol. The summed E-state index contributed by atoms with van der Waals surface area (Å²) in [5, 5.41) is 0. The van der Waals surface area contributed by atoms with Crippen LogP contribution in [0, 0.1) is 6.07 Å². The highest BCUT2D eigenvalue weighted by atomic mass is 32.2. The van der Waals surface area contributed by atoms with Gasteiger partial charge in [-0.1, -0.05) is 51.1 Å². The van der Waals surface area contributed by atoms with Gasteiger partial charge >= 0.3 is 0 Å². The molecule has 0 heterocycles. The standard InChI is InChI=1S/C16H18NO2S/c1-16(2,3)14-11-7-8-12-15(14)17-20(18,19)13-9-5-4-6-10-13/h4-7,9-12,17H,1-3H3. The minimum Gasteiger partial charge on any atom is -0.279 e. The van der Waals surface area contributed by atoms with Crippen LogP contribution in [0.1, 0.15) is 26.3 Å². The molecule has 2 rings (SSSR count). The first-order valence-electron chi connectivity index (χ1n) is 6.39. The Hall–Kier alpha value is -1.81. The van der Waals surface area contributed by atoms with E-state index in [2.05, 4.69) is 10.8 Å². The van der Waals surface area contributed by atoms with Crippen LogP contribution in [-0.2, 0) is 15.4 Å². The molecule has 0 atom stereocenters. The summed E-state index contributed by atoms with van der Waals surface area (Å²) in [4.78, 5) is 0.253. The Bertz CT molecular complexity index is 686. The average molecular weight is 288 g/mol. The molecule has 0 unspecified atom stereocenters. The second kappa shape index (κ2) is 5.29. The van der Waals surface area contributed by atoms with E-state index < -0.39 is 10.0 Å². The third kappa shape index (κ3) is 3.20. The van der Waals surface area contributed by atoms with Gasteiger partial charge in [-0.25, -0.2) is 8.42 Å². The van der Waals surface area contributed by atoms with Gasteiger partial charge in [-0.2, -0.15) is 0 Å². The second-order valence-corrected chi connectivity index (χ2v) is 7.32. The van der Waals surface area contributed by atoms with Crippen molar-refractivity contribution in [2.45, 2.75) is 31.1 Å². The molecular formula is C16H18NO2S. The molecule has 0 saturated carbocycles. The summed E-state index contributed by atoms with van der Waals surface area (Å²) >= 11 is 0. The zero-order chi connectivity index (χ0) is 14.8. The van der Waals surface area contributed by atoms with E-state index in [1.807, 2.05) is 26.8 Å². The van der Waals surface area contributed by atoms with Gasteiger partial charge in [0.25, 0.3) is 10.0 Å². The molecular weight excluding hydrogens is 270 g/mol. The lowest BCUT2D eigenvalue weighted by Crippen LogP contribution is -2.19. The topological polar surface area (TPSA) is 46.2 Å². The highest BCUT2D eigenvalue weighted by molar-refractivity contribution is 7.92. The molecule has 0 bridgehead atoms. The molecule has 1 N–H and O–H groups in total. The summed E-state index contributed by atoms with van der Waals surface area (Å²) in [7, 11) is -3.57. The van der Waals surface area contributed by atoms with E-state index in [0.717, 1.165) is 5.56 Å². The summed E-state index contributed by atoms with van der Waals surface area (Å²) in [6.07, 6.45) is 0. The first-order valence-corrected chi connectivity index (χ1v) is 7.87. The molecule has 0 saturated heterocycles. The van der Waals surface area contributed by atoms with Gasteiger partial charge in [-0.3, -0.25) is 4.72 Å². The zero-order valence-corrected chi connectivity index (χ0v) is 12.7. The average Bonchev–Trinajstić information content (AvgIpc) is 2.39. The van der Waals surface area contributed by atoms with Gasteiger partial charge in [0.1, 0.15) is 0 Å². The Kier molecular flexibility index (Phi) is 3.86. The van der Waals surface area contributed by atoms with Crippen LogP contribution in [0.3, 0.4) is 0 Å². The zero-order valence-electron chi connectivity index (χ0n) is 11.8. The summed E-state index contributed by atoms with van der Waals surface area (Å²) in [5.74, 6) is 0. The van der Waals surface area contributed by atoms with Gasteiger partial charge in [0.2, 0.25) is 0 Å². The summed E-state index contributed by atoms with van der Waals surface area (Å²) in [5.41, 5.74) is 1.36. The third-order valence-electron chi connectivity index (χ3n) is 2.97. The molecule has 0 spiro atoms. The van der Waals surface area contributed by atoms with Gasteiger partial charge in [-0.05, 0) is 35.2 Å². The van der Waals surface area contributed by atoms with Crippen LogP contribution >= 0.6 is 0 Å². The predicted octanol–water partition coefficient (Wildman–Crippen LogP) is 3.59. The Morgan fingerprint density at radius 2 is 1.70 bits per heavy atom. The molecule has 0 aromatic heterocycles. The molecule has 2 aromatic rings. The van der Waals surface area contributed by atoms with Gasteiger partial charge < -0.3 is 0 Å². The fourth-order valence-electron chi connectivity index (χ4n) is 1.97. The highest BCUT2D eigenvalue weighted by Crippen LogP contribution is 2.30. The van der Waals surface area contributed by atoms with Crippen LogP contribution in [0.2, 0.25) is 0 Å². The number of anilines is 1. The van der Waals surface area contributed by atoms with Crippen molar-refractivity contribution in [3.05, 3.63) is 60.2 Å². The number of hydrogen-bond acceptors (Lipinski definition) is 2. The lowest BCUT2D eigenvalue weighted by atomic mass is 9.86. The summed E-state index contributed by atoms with van der Waals surface area (Å²) < 4.78 is 27.4. The van der Waals surface area contributed by atoms with E-state index >= 15 is 0 Å². The van der Waals surface area contributed by atoms with Gasteiger partial charge in [-0.15, -0.1) is 0 Å². The maximum absolute atomic E-state index is 12.4. The summed E-state index contributed by atoms with van der Waals surface area (Å²) in [6.45, 7) is 6.13. The largest absolute Gasteiger partial charge is 0.279 e. The molecule has 0 fully saturated rings. The Morgan fingerprint density at radius 1 is 1.05 bits per heavy atom. The van der Waals surface area contributed by atoms with Crippen LogP contribution in [0.15, 0.2) is 53.4 Å². The molecule has 1 radical (unpaired) electrons.